The predicted octanol–water partition coefficient (Wildman–Crippen LogP) is 5.15. The fraction of sp³-hybridized carbons (Fsp3) is 1.00. The molecule has 0 radical (unpaired) electrons. The highest BCUT2D eigenvalue weighted by Crippen LogP contribution is 2.40. The van der Waals surface area contributed by atoms with Gasteiger partial charge in [-0.15, -0.1) is 0 Å². The van der Waals surface area contributed by atoms with E-state index in [1.54, 1.807) is 0 Å². The van der Waals surface area contributed by atoms with Gasteiger partial charge in [0.1, 0.15) is 0 Å². The quantitative estimate of drug-likeness (QED) is 0.344. The topological polar surface area (TPSA) is 29.5 Å². The van der Waals surface area contributed by atoms with Gasteiger partial charge in [-0.3, -0.25) is 0 Å². The van der Waals surface area contributed by atoms with Gasteiger partial charge in [0.15, 0.2) is 0 Å². The molecule has 5 unspecified atom stereocenters. The zero-order valence-electron chi connectivity index (χ0n) is 12.9. The maximum absolute atomic E-state index is 9.86. The van der Waals surface area contributed by atoms with Crippen LogP contribution in [0.1, 0.15) is 52.4 Å². The zero-order chi connectivity index (χ0) is 15.6. The molecule has 5 atom stereocenters. The SMILES string of the molecule is CC(C)CC1CC(I)C(OC2CCC(O)C(I)C2)C(I)C1. The first-order chi connectivity index (χ1) is 9.86. The normalized spacial score (nSPS) is 45.0. The molecule has 2 fully saturated rings. The Labute approximate surface area is 170 Å². The first-order valence-electron chi connectivity index (χ1n) is 8.12. The fourth-order valence-corrected chi connectivity index (χ4v) is 8.17. The highest BCUT2D eigenvalue weighted by atomic mass is 127. The number of aliphatic hydroxyl groups excluding tert-OH is 1. The molecule has 2 aliphatic rings. The summed E-state index contributed by atoms with van der Waals surface area (Å²) in [6, 6.07) is 0. The Morgan fingerprint density at radius 2 is 1.62 bits per heavy atom. The smallest absolute Gasteiger partial charge is 0.0813 e. The van der Waals surface area contributed by atoms with Crippen LogP contribution >= 0.6 is 67.8 Å². The molecule has 0 aromatic heterocycles. The summed E-state index contributed by atoms with van der Waals surface area (Å²) in [4.78, 5) is 0. The predicted molar refractivity (Wildman–Crippen MR) is 114 cm³/mol. The number of ether oxygens (including phenoxy) is 1. The minimum atomic E-state index is -0.127. The van der Waals surface area contributed by atoms with E-state index in [4.69, 9.17) is 4.74 Å². The molecular formula is C16H27I3O2. The summed E-state index contributed by atoms with van der Waals surface area (Å²) in [5.41, 5.74) is 0. The van der Waals surface area contributed by atoms with E-state index in [-0.39, 0.29) is 6.10 Å². The van der Waals surface area contributed by atoms with Crippen LogP contribution in [-0.4, -0.2) is 35.2 Å². The molecule has 2 nitrogen and oxygen atoms in total. The van der Waals surface area contributed by atoms with Gasteiger partial charge in [-0.25, -0.2) is 0 Å². The van der Waals surface area contributed by atoms with E-state index in [9.17, 15) is 5.11 Å². The van der Waals surface area contributed by atoms with Gasteiger partial charge < -0.3 is 9.84 Å². The summed E-state index contributed by atoms with van der Waals surface area (Å²) in [7, 11) is 0. The van der Waals surface area contributed by atoms with Crippen LogP contribution in [0.25, 0.3) is 0 Å². The Morgan fingerprint density at radius 1 is 1.00 bits per heavy atom. The molecule has 124 valence electrons. The monoisotopic (exact) mass is 632 g/mol. The highest BCUT2D eigenvalue weighted by molar-refractivity contribution is 14.1. The minimum Gasteiger partial charge on any atom is -0.392 e. The van der Waals surface area contributed by atoms with Crippen LogP contribution in [0.3, 0.4) is 0 Å². The first-order valence-corrected chi connectivity index (χ1v) is 11.9. The second kappa shape index (κ2) is 8.99. The molecule has 0 aromatic rings. The molecule has 0 saturated heterocycles. The Balaban J connectivity index is 1.86. The molecule has 2 saturated carbocycles. The van der Waals surface area contributed by atoms with Gasteiger partial charge in [-0.05, 0) is 50.4 Å². The van der Waals surface area contributed by atoms with Gasteiger partial charge in [0, 0.05) is 11.8 Å². The van der Waals surface area contributed by atoms with Crippen molar-refractivity contribution < 1.29 is 9.84 Å². The number of alkyl halides is 3. The number of aliphatic hydroxyl groups is 1. The Kier molecular flexibility index (Phi) is 8.32. The Morgan fingerprint density at radius 3 is 2.14 bits per heavy atom. The minimum absolute atomic E-state index is 0.127. The van der Waals surface area contributed by atoms with E-state index in [0.29, 0.717) is 24.0 Å². The molecule has 0 spiro atoms. The maximum Gasteiger partial charge on any atom is 0.0813 e. The lowest BCUT2D eigenvalue weighted by Gasteiger charge is -2.41. The van der Waals surface area contributed by atoms with Gasteiger partial charge in [0.05, 0.1) is 18.3 Å². The molecule has 2 aliphatic carbocycles. The van der Waals surface area contributed by atoms with Crippen molar-refractivity contribution >= 4 is 67.8 Å². The average molecular weight is 632 g/mol. The maximum atomic E-state index is 9.86. The molecule has 0 heterocycles. The van der Waals surface area contributed by atoms with Crippen LogP contribution in [0.2, 0.25) is 0 Å². The van der Waals surface area contributed by atoms with Crippen molar-refractivity contribution in [2.75, 3.05) is 0 Å². The van der Waals surface area contributed by atoms with Gasteiger partial charge in [-0.2, -0.15) is 0 Å². The second-order valence-corrected chi connectivity index (χ2v) is 11.9. The zero-order valence-corrected chi connectivity index (χ0v) is 19.3. The van der Waals surface area contributed by atoms with Crippen molar-refractivity contribution in [2.24, 2.45) is 11.8 Å². The number of halogens is 3. The first kappa shape index (κ1) is 19.4. The molecule has 1 N–H and O–H groups in total. The van der Waals surface area contributed by atoms with Gasteiger partial charge in [0.25, 0.3) is 0 Å². The van der Waals surface area contributed by atoms with E-state index in [1.807, 2.05) is 0 Å². The summed E-state index contributed by atoms with van der Waals surface area (Å²) in [5.74, 6) is 1.68. The average Bonchev–Trinajstić information content (AvgIpc) is 2.37. The molecule has 0 aromatic carbocycles. The molecule has 2 rings (SSSR count). The fourth-order valence-electron chi connectivity index (χ4n) is 3.67. The lowest BCUT2D eigenvalue weighted by molar-refractivity contribution is -0.0520. The molecule has 5 heteroatoms. The van der Waals surface area contributed by atoms with Gasteiger partial charge in [0.2, 0.25) is 0 Å². The highest BCUT2D eigenvalue weighted by Gasteiger charge is 2.39. The van der Waals surface area contributed by atoms with Crippen molar-refractivity contribution in [3.63, 3.8) is 0 Å². The van der Waals surface area contributed by atoms with Crippen LogP contribution in [0.15, 0.2) is 0 Å². The van der Waals surface area contributed by atoms with E-state index in [0.717, 1.165) is 31.1 Å². The number of rotatable bonds is 4. The largest absolute Gasteiger partial charge is 0.392 e. The third-order valence-corrected chi connectivity index (χ3v) is 8.45. The van der Waals surface area contributed by atoms with Crippen molar-refractivity contribution in [2.45, 2.75) is 82.5 Å². The summed E-state index contributed by atoms with van der Waals surface area (Å²) in [6.45, 7) is 4.67. The lowest BCUT2D eigenvalue weighted by atomic mass is 9.82. The van der Waals surface area contributed by atoms with Crippen molar-refractivity contribution in [1.82, 2.24) is 0 Å². The van der Waals surface area contributed by atoms with Crippen molar-refractivity contribution in [1.29, 1.82) is 0 Å². The molecular weight excluding hydrogens is 605 g/mol. The molecule has 0 bridgehead atoms. The van der Waals surface area contributed by atoms with Crippen LogP contribution in [0.5, 0.6) is 0 Å². The van der Waals surface area contributed by atoms with Crippen LogP contribution in [0.4, 0.5) is 0 Å². The van der Waals surface area contributed by atoms with E-state index >= 15 is 0 Å². The van der Waals surface area contributed by atoms with Crippen LogP contribution in [0, 0.1) is 11.8 Å². The lowest BCUT2D eigenvalue weighted by Crippen LogP contribution is -2.45. The van der Waals surface area contributed by atoms with Crippen molar-refractivity contribution in [3.8, 4) is 0 Å². The molecule has 0 amide bonds. The summed E-state index contributed by atoms with van der Waals surface area (Å²) in [5, 5.41) is 9.86. The number of hydrogen-bond acceptors (Lipinski definition) is 2. The summed E-state index contributed by atoms with van der Waals surface area (Å²) >= 11 is 7.63. The molecule has 0 aliphatic heterocycles. The Hall–Kier alpha value is 2.11. The van der Waals surface area contributed by atoms with Crippen LogP contribution in [-0.2, 0) is 4.74 Å². The third-order valence-electron chi connectivity index (χ3n) is 4.67. The Bertz CT molecular complexity index is 315. The standard InChI is InChI=1S/C16H27I3O2/c1-9(2)5-10-6-13(18)16(14(19)7-10)21-11-3-4-15(20)12(17)8-11/h9-16,20H,3-8H2,1-2H3. The van der Waals surface area contributed by atoms with E-state index < -0.39 is 0 Å². The van der Waals surface area contributed by atoms with Gasteiger partial charge >= 0.3 is 0 Å². The molecule has 21 heavy (non-hydrogen) atoms. The summed E-state index contributed by atoms with van der Waals surface area (Å²) in [6.07, 6.45) is 7.56. The number of hydrogen-bond donors (Lipinski definition) is 1. The van der Waals surface area contributed by atoms with Gasteiger partial charge in [-0.1, -0.05) is 81.6 Å². The van der Waals surface area contributed by atoms with E-state index in [1.165, 1.54) is 19.3 Å². The van der Waals surface area contributed by atoms with E-state index in [2.05, 4.69) is 81.6 Å². The third kappa shape index (κ3) is 5.85. The van der Waals surface area contributed by atoms with Crippen molar-refractivity contribution in [3.05, 3.63) is 0 Å². The second-order valence-electron chi connectivity index (χ2n) is 7.12. The van der Waals surface area contributed by atoms with Crippen LogP contribution < -0.4 is 0 Å². The summed E-state index contributed by atoms with van der Waals surface area (Å²) < 4.78 is 8.14.